The zero-order valence-corrected chi connectivity index (χ0v) is 16.7. The quantitative estimate of drug-likeness (QED) is 0.657. The van der Waals surface area contributed by atoms with E-state index < -0.39 is 0 Å². The molecule has 0 aliphatic carbocycles. The number of carbonyl (C=O) groups excluding carboxylic acids is 1. The second-order valence-corrected chi connectivity index (χ2v) is 8.52. The Morgan fingerprint density at radius 3 is 2.79 bits per heavy atom. The normalized spacial score (nSPS) is 21.2. The summed E-state index contributed by atoms with van der Waals surface area (Å²) in [7, 11) is 0. The highest BCUT2D eigenvalue weighted by atomic mass is 127. The number of hydrogen-bond donors (Lipinski definition) is 2. The first kappa shape index (κ1) is 18.0. The summed E-state index contributed by atoms with van der Waals surface area (Å²) >= 11 is 10.0. The fraction of sp³-hybridized carbons (Fsp3) is 0.278. The molecule has 0 spiro atoms. The van der Waals surface area contributed by atoms with Gasteiger partial charge in [-0.3, -0.25) is 4.79 Å². The third kappa shape index (κ3) is 4.07. The highest BCUT2D eigenvalue weighted by Crippen LogP contribution is 2.35. The van der Waals surface area contributed by atoms with Crippen molar-refractivity contribution in [2.75, 3.05) is 12.3 Å². The first-order chi connectivity index (χ1) is 11.6. The number of benzene rings is 2. The maximum Gasteiger partial charge on any atom is 0.237 e. The van der Waals surface area contributed by atoms with Crippen LogP contribution < -0.4 is 11.1 Å². The molecule has 3 rings (SSSR count). The van der Waals surface area contributed by atoms with Gasteiger partial charge in [0.25, 0.3) is 0 Å². The van der Waals surface area contributed by atoms with Gasteiger partial charge in [0.15, 0.2) is 0 Å². The summed E-state index contributed by atoms with van der Waals surface area (Å²) in [6.07, 6.45) is 0.915. The molecule has 0 radical (unpaired) electrons. The van der Waals surface area contributed by atoms with Crippen molar-refractivity contribution >= 4 is 51.9 Å². The molecule has 3 N–H and O–H groups in total. The van der Waals surface area contributed by atoms with E-state index in [1.54, 1.807) is 11.8 Å². The molecule has 0 aromatic heterocycles. The van der Waals surface area contributed by atoms with E-state index in [1.165, 1.54) is 0 Å². The molecule has 1 amide bonds. The maximum atomic E-state index is 12.5. The Morgan fingerprint density at radius 1 is 1.25 bits per heavy atom. The molecule has 24 heavy (non-hydrogen) atoms. The molecule has 1 heterocycles. The monoisotopic (exact) mass is 472 g/mol. The second kappa shape index (κ2) is 8.08. The largest absolute Gasteiger partial charge is 0.351 e. The van der Waals surface area contributed by atoms with Crippen LogP contribution in [0.1, 0.15) is 17.2 Å². The van der Waals surface area contributed by atoms with Crippen LogP contribution in [0.15, 0.2) is 42.5 Å². The number of thioether (sulfide) groups is 1. The van der Waals surface area contributed by atoms with Gasteiger partial charge in [-0.05, 0) is 69.7 Å². The minimum atomic E-state index is -0.187. The Kier molecular flexibility index (Phi) is 6.07. The Labute approximate surface area is 164 Å². The van der Waals surface area contributed by atoms with E-state index in [1.807, 2.05) is 24.3 Å². The zero-order valence-electron chi connectivity index (χ0n) is 13.0. The molecular weight excluding hydrogens is 455 g/mol. The molecule has 126 valence electrons. The number of rotatable bonds is 3. The van der Waals surface area contributed by atoms with Gasteiger partial charge in [0, 0.05) is 16.2 Å². The minimum Gasteiger partial charge on any atom is -0.351 e. The van der Waals surface area contributed by atoms with Crippen LogP contribution in [0.4, 0.5) is 0 Å². The number of carbonyl (C=O) groups is 1. The van der Waals surface area contributed by atoms with Crippen LogP contribution in [0, 0.1) is 3.57 Å². The van der Waals surface area contributed by atoms with Crippen LogP contribution in [0.3, 0.4) is 0 Å². The average molecular weight is 473 g/mol. The molecule has 6 heteroatoms. The smallest absolute Gasteiger partial charge is 0.237 e. The van der Waals surface area contributed by atoms with Crippen LogP contribution in [0.25, 0.3) is 11.1 Å². The summed E-state index contributed by atoms with van der Waals surface area (Å²) in [5.41, 5.74) is 8.93. The number of nitrogens with one attached hydrogen (secondary N) is 1. The maximum absolute atomic E-state index is 12.5. The fourth-order valence-electron chi connectivity index (χ4n) is 2.73. The van der Waals surface area contributed by atoms with Gasteiger partial charge in [0.1, 0.15) is 5.25 Å². The van der Waals surface area contributed by atoms with Crippen LogP contribution >= 0.6 is 46.0 Å². The molecule has 2 atom stereocenters. The van der Waals surface area contributed by atoms with E-state index in [0.717, 1.165) is 37.5 Å². The van der Waals surface area contributed by atoms with Crippen LogP contribution in [0.5, 0.6) is 0 Å². The molecule has 2 aromatic carbocycles. The summed E-state index contributed by atoms with van der Waals surface area (Å²) < 4.78 is 1.02. The Morgan fingerprint density at radius 2 is 2.04 bits per heavy atom. The van der Waals surface area contributed by atoms with E-state index in [0.29, 0.717) is 6.54 Å². The van der Waals surface area contributed by atoms with Gasteiger partial charge in [-0.25, -0.2) is 0 Å². The van der Waals surface area contributed by atoms with Crippen molar-refractivity contribution in [3.8, 4) is 11.1 Å². The minimum absolute atomic E-state index is 0.0517. The van der Waals surface area contributed by atoms with Crippen LogP contribution in [0.2, 0.25) is 5.02 Å². The van der Waals surface area contributed by atoms with Crippen molar-refractivity contribution in [1.29, 1.82) is 0 Å². The van der Waals surface area contributed by atoms with Crippen molar-refractivity contribution in [3.05, 3.63) is 56.6 Å². The molecule has 1 saturated heterocycles. The van der Waals surface area contributed by atoms with Gasteiger partial charge >= 0.3 is 0 Å². The van der Waals surface area contributed by atoms with E-state index in [4.69, 9.17) is 17.3 Å². The standard InChI is InChI=1S/C18H18ClIN2OS/c19-15-5-4-12(9-16(15)20)11-2-1-3-13(8-11)17-18(23)22-14(10-21)6-7-24-17/h1-5,8-9,14,17H,6-7,10,21H2,(H,22,23)/t14-,17+/m0/s1. The highest BCUT2D eigenvalue weighted by molar-refractivity contribution is 14.1. The number of nitrogens with two attached hydrogens (primary N) is 1. The summed E-state index contributed by atoms with van der Waals surface area (Å²) in [4.78, 5) is 12.5. The molecule has 1 aliphatic rings. The molecular formula is C18H18ClIN2OS. The van der Waals surface area contributed by atoms with Gasteiger partial charge in [-0.2, -0.15) is 0 Å². The van der Waals surface area contributed by atoms with Crippen molar-refractivity contribution < 1.29 is 4.79 Å². The lowest BCUT2D eigenvalue weighted by Crippen LogP contribution is -2.40. The van der Waals surface area contributed by atoms with Gasteiger partial charge in [0.05, 0.1) is 5.02 Å². The first-order valence-corrected chi connectivity index (χ1v) is 10.3. The second-order valence-electron chi connectivity index (χ2n) is 5.74. The van der Waals surface area contributed by atoms with Crippen molar-refractivity contribution in [1.82, 2.24) is 5.32 Å². The Balaban J connectivity index is 1.89. The zero-order chi connectivity index (χ0) is 17.1. The van der Waals surface area contributed by atoms with Crippen molar-refractivity contribution in [3.63, 3.8) is 0 Å². The molecule has 0 bridgehead atoms. The summed E-state index contributed by atoms with van der Waals surface area (Å²) in [6.45, 7) is 0.488. The lowest BCUT2D eigenvalue weighted by atomic mass is 10.0. The third-order valence-electron chi connectivity index (χ3n) is 4.06. The molecule has 1 fully saturated rings. The number of amides is 1. The average Bonchev–Trinajstić information content (AvgIpc) is 2.78. The van der Waals surface area contributed by atoms with Gasteiger partial charge in [0.2, 0.25) is 5.91 Å². The molecule has 1 aliphatic heterocycles. The molecule has 3 nitrogen and oxygen atoms in total. The van der Waals surface area contributed by atoms with E-state index >= 15 is 0 Å². The lowest BCUT2D eigenvalue weighted by Gasteiger charge is -2.16. The summed E-state index contributed by atoms with van der Waals surface area (Å²) in [5, 5.41) is 3.61. The molecule has 0 saturated carbocycles. The Hall–Kier alpha value is -0.760. The first-order valence-electron chi connectivity index (χ1n) is 7.76. The summed E-state index contributed by atoms with van der Waals surface area (Å²) in [5.74, 6) is 0.977. The Bertz CT molecular complexity index is 756. The molecule has 2 aromatic rings. The third-order valence-corrected chi connectivity index (χ3v) is 6.89. The molecule has 0 unspecified atom stereocenters. The fourth-order valence-corrected chi connectivity index (χ4v) is 4.58. The van der Waals surface area contributed by atoms with Crippen LogP contribution in [-0.4, -0.2) is 24.2 Å². The van der Waals surface area contributed by atoms with Crippen molar-refractivity contribution in [2.45, 2.75) is 17.7 Å². The van der Waals surface area contributed by atoms with Crippen LogP contribution in [-0.2, 0) is 4.79 Å². The van der Waals surface area contributed by atoms with Gasteiger partial charge < -0.3 is 11.1 Å². The van der Waals surface area contributed by atoms with Gasteiger partial charge in [-0.1, -0.05) is 35.9 Å². The predicted octanol–water partition coefficient (Wildman–Crippen LogP) is 4.23. The highest BCUT2D eigenvalue weighted by Gasteiger charge is 2.27. The topological polar surface area (TPSA) is 55.1 Å². The number of halogens is 2. The van der Waals surface area contributed by atoms with E-state index in [2.05, 4.69) is 46.1 Å². The van der Waals surface area contributed by atoms with E-state index in [-0.39, 0.29) is 17.2 Å². The van der Waals surface area contributed by atoms with E-state index in [9.17, 15) is 4.79 Å². The number of hydrogen-bond acceptors (Lipinski definition) is 3. The predicted molar refractivity (Wildman–Crippen MR) is 110 cm³/mol. The van der Waals surface area contributed by atoms with Crippen molar-refractivity contribution in [2.24, 2.45) is 5.73 Å². The SMILES string of the molecule is NC[C@@H]1CCS[C@H](c2cccc(-c3ccc(Cl)c(I)c3)c2)C(=O)N1. The van der Waals surface area contributed by atoms with Gasteiger partial charge in [-0.15, -0.1) is 11.8 Å². The summed E-state index contributed by atoms with van der Waals surface area (Å²) in [6, 6.07) is 14.2. The lowest BCUT2D eigenvalue weighted by molar-refractivity contribution is -0.121.